The van der Waals surface area contributed by atoms with E-state index in [0.717, 1.165) is 25.8 Å². The van der Waals surface area contributed by atoms with Crippen molar-refractivity contribution in [3.8, 4) is 17.5 Å². The Morgan fingerprint density at radius 2 is 2.07 bits per heavy atom. The highest BCUT2D eigenvalue weighted by Gasteiger charge is 2.28. The van der Waals surface area contributed by atoms with Crippen molar-refractivity contribution in [2.45, 2.75) is 31.1 Å². The summed E-state index contributed by atoms with van der Waals surface area (Å²) in [5.74, 6) is 0.996. The Bertz CT molecular complexity index is 993. The average Bonchev–Trinajstić information content (AvgIpc) is 3.14. The molecule has 8 nitrogen and oxygen atoms in total. The first-order chi connectivity index (χ1) is 14.3. The van der Waals surface area contributed by atoms with Crippen LogP contribution in [0.1, 0.15) is 31.9 Å². The van der Waals surface area contributed by atoms with Crippen molar-refractivity contribution in [1.29, 1.82) is 5.26 Å². The zero-order chi connectivity index (χ0) is 21.7. The third kappa shape index (κ3) is 5.19. The Labute approximate surface area is 178 Å². The van der Waals surface area contributed by atoms with Gasteiger partial charge in [0.2, 0.25) is 27.5 Å². The number of sulfonamides is 1. The quantitative estimate of drug-likeness (QED) is 0.641. The minimum atomic E-state index is -3.51. The van der Waals surface area contributed by atoms with Crippen LogP contribution in [-0.2, 0) is 10.0 Å². The van der Waals surface area contributed by atoms with Gasteiger partial charge in [-0.2, -0.15) is 14.6 Å². The van der Waals surface area contributed by atoms with Crippen LogP contribution in [0.2, 0.25) is 0 Å². The maximum Gasteiger partial charge on any atom is 0.243 e. The molecule has 2 aromatic rings. The highest BCUT2D eigenvalue weighted by atomic mass is 32.2. The first-order valence-corrected chi connectivity index (χ1v) is 11.7. The predicted molar refractivity (Wildman–Crippen MR) is 115 cm³/mol. The van der Waals surface area contributed by atoms with Gasteiger partial charge in [0, 0.05) is 25.2 Å². The number of hydrogen-bond acceptors (Lipinski definition) is 7. The highest BCUT2D eigenvalue weighted by molar-refractivity contribution is 7.89. The number of nitrogens with zero attached hydrogens (tertiary/aromatic N) is 4. The summed E-state index contributed by atoms with van der Waals surface area (Å²) in [6.07, 6.45) is 2.84. The van der Waals surface area contributed by atoms with Crippen molar-refractivity contribution in [3.05, 3.63) is 30.0 Å². The zero-order valence-corrected chi connectivity index (χ0v) is 18.6. The molecule has 1 aliphatic heterocycles. The van der Waals surface area contributed by atoms with E-state index in [1.807, 2.05) is 20.2 Å². The van der Waals surface area contributed by atoms with E-state index < -0.39 is 10.0 Å². The van der Waals surface area contributed by atoms with Crippen LogP contribution in [0.5, 0.6) is 0 Å². The Kier molecular flexibility index (Phi) is 7.13. The molecule has 1 fully saturated rings. The molecule has 2 heterocycles. The number of aromatic nitrogens is 1. The summed E-state index contributed by atoms with van der Waals surface area (Å²) in [5.41, 5.74) is 0.813. The smallest absolute Gasteiger partial charge is 0.243 e. The second-order valence-corrected chi connectivity index (χ2v) is 9.96. The lowest BCUT2D eigenvalue weighted by Crippen LogP contribution is -2.39. The molecule has 1 N–H and O–H groups in total. The molecule has 1 aromatic carbocycles. The molecule has 0 aliphatic carbocycles. The lowest BCUT2D eigenvalue weighted by Gasteiger charge is -2.30. The molecule has 1 atom stereocenters. The topological polar surface area (TPSA) is 102 Å². The van der Waals surface area contributed by atoms with Crippen LogP contribution < -0.4 is 5.32 Å². The maximum absolute atomic E-state index is 12.9. The van der Waals surface area contributed by atoms with Gasteiger partial charge < -0.3 is 14.6 Å². The van der Waals surface area contributed by atoms with E-state index in [4.69, 9.17) is 4.42 Å². The van der Waals surface area contributed by atoms with Gasteiger partial charge in [0.15, 0.2) is 0 Å². The lowest BCUT2D eigenvalue weighted by atomic mass is 10.0. The van der Waals surface area contributed by atoms with Gasteiger partial charge in [-0.05, 0) is 70.1 Å². The maximum atomic E-state index is 12.9. The number of nitrogens with one attached hydrogen (secondary N) is 1. The Hall–Kier alpha value is -2.41. The predicted octanol–water partition coefficient (Wildman–Crippen LogP) is 3.00. The third-order valence-corrected chi connectivity index (χ3v) is 7.04. The molecule has 30 heavy (non-hydrogen) atoms. The van der Waals surface area contributed by atoms with Crippen molar-refractivity contribution in [1.82, 2.24) is 14.2 Å². The lowest BCUT2D eigenvalue weighted by molar-refractivity contribution is 0.281. The van der Waals surface area contributed by atoms with Gasteiger partial charge in [-0.1, -0.05) is 6.92 Å². The molecule has 0 saturated carbocycles. The second kappa shape index (κ2) is 9.60. The van der Waals surface area contributed by atoms with Crippen molar-refractivity contribution in [3.63, 3.8) is 0 Å². The van der Waals surface area contributed by atoms with E-state index in [1.165, 1.54) is 0 Å². The van der Waals surface area contributed by atoms with E-state index in [0.29, 0.717) is 37.0 Å². The summed E-state index contributed by atoms with van der Waals surface area (Å²) in [7, 11) is 0.496. The standard InChI is InChI=1S/C21H29N5O3S/c1-16-6-4-13-26(15-16)30(27,28)18-9-7-17(8-10-18)20-24-19(14-22)21(29-20)23-11-5-12-25(2)3/h7-10,16,23H,4-6,11-13,15H2,1-3H3. The van der Waals surface area contributed by atoms with Crippen LogP contribution in [0.15, 0.2) is 33.6 Å². The first-order valence-electron chi connectivity index (χ1n) is 10.2. The normalized spacial score (nSPS) is 17.8. The number of oxazole rings is 1. The fourth-order valence-corrected chi connectivity index (χ4v) is 5.12. The number of anilines is 1. The van der Waals surface area contributed by atoms with E-state index in [1.54, 1.807) is 28.6 Å². The largest absolute Gasteiger partial charge is 0.419 e. The van der Waals surface area contributed by atoms with Crippen molar-refractivity contribution in [2.75, 3.05) is 45.6 Å². The van der Waals surface area contributed by atoms with Crippen molar-refractivity contribution >= 4 is 15.9 Å². The van der Waals surface area contributed by atoms with Gasteiger partial charge in [-0.25, -0.2) is 8.42 Å². The van der Waals surface area contributed by atoms with Crippen LogP contribution >= 0.6 is 0 Å². The fraction of sp³-hybridized carbons (Fsp3) is 0.524. The SMILES string of the molecule is CC1CCCN(S(=O)(=O)c2ccc(-c3nc(C#N)c(NCCCN(C)C)o3)cc2)C1. The van der Waals surface area contributed by atoms with Crippen LogP contribution in [0.25, 0.3) is 11.5 Å². The van der Waals surface area contributed by atoms with Crippen LogP contribution in [0.3, 0.4) is 0 Å². The van der Waals surface area contributed by atoms with Gasteiger partial charge in [-0.15, -0.1) is 0 Å². The molecule has 1 saturated heterocycles. The summed E-state index contributed by atoms with van der Waals surface area (Å²) in [6, 6.07) is 8.52. The molecule has 1 aliphatic rings. The summed E-state index contributed by atoms with van der Waals surface area (Å²) >= 11 is 0. The number of benzene rings is 1. The van der Waals surface area contributed by atoms with E-state index >= 15 is 0 Å². The molecule has 3 rings (SSSR count). The Morgan fingerprint density at radius 1 is 1.33 bits per heavy atom. The van der Waals surface area contributed by atoms with Crippen molar-refractivity contribution < 1.29 is 12.8 Å². The minimum absolute atomic E-state index is 0.189. The Balaban J connectivity index is 1.74. The second-order valence-electron chi connectivity index (χ2n) is 8.03. The van der Waals surface area contributed by atoms with Gasteiger partial charge in [-0.3, -0.25) is 0 Å². The van der Waals surface area contributed by atoms with Gasteiger partial charge in [0.05, 0.1) is 4.90 Å². The molecule has 0 spiro atoms. The number of nitriles is 1. The molecular formula is C21H29N5O3S. The summed E-state index contributed by atoms with van der Waals surface area (Å²) in [5, 5.41) is 12.4. The number of rotatable bonds is 8. The van der Waals surface area contributed by atoms with Gasteiger partial charge in [0.1, 0.15) is 6.07 Å². The monoisotopic (exact) mass is 431 g/mol. The average molecular weight is 432 g/mol. The molecule has 9 heteroatoms. The van der Waals surface area contributed by atoms with Crippen LogP contribution in [0, 0.1) is 17.2 Å². The van der Waals surface area contributed by atoms with E-state index in [2.05, 4.69) is 22.1 Å². The van der Waals surface area contributed by atoms with Gasteiger partial charge >= 0.3 is 0 Å². The van der Waals surface area contributed by atoms with E-state index in [9.17, 15) is 13.7 Å². The van der Waals surface area contributed by atoms with E-state index in [-0.39, 0.29) is 16.5 Å². The molecule has 0 radical (unpaired) electrons. The van der Waals surface area contributed by atoms with Crippen molar-refractivity contribution in [2.24, 2.45) is 5.92 Å². The van der Waals surface area contributed by atoms with Crippen LogP contribution in [-0.4, -0.2) is 62.9 Å². The van der Waals surface area contributed by atoms with Crippen LogP contribution in [0.4, 0.5) is 5.88 Å². The number of hydrogen-bond donors (Lipinski definition) is 1. The molecule has 0 amide bonds. The Morgan fingerprint density at radius 3 is 2.70 bits per heavy atom. The first kappa shape index (κ1) is 22.3. The highest BCUT2D eigenvalue weighted by Crippen LogP contribution is 2.28. The minimum Gasteiger partial charge on any atom is -0.419 e. The zero-order valence-electron chi connectivity index (χ0n) is 17.8. The third-order valence-electron chi connectivity index (χ3n) is 5.16. The molecule has 0 bridgehead atoms. The van der Waals surface area contributed by atoms with Gasteiger partial charge in [0.25, 0.3) is 0 Å². The number of piperidine rings is 1. The summed E-state index contributed by atoms with van der Waals surface area (Å²) in [4.78, 5) is 6.58. The molecule has 1 aromatic heterocycles. The molecular weight excluding hydrogens is 402 g/mol. The molecule has 1 unspecified atom stereocenters. The molecule has 162 valence electrons. The summed E-state index contributed by atoms with van der Waals surface area (Å²) < 4.78 is 33.1. The fourth-order valence-electron chi connectivity index (χ4n) is 3.52. The summed E-state index contributed by atoms with van der Waals surface area (Å²) in [6.45, 7) is 4.77.